The third-order valence-corrected chi connectivity index (χ3v) is 5.17. The Labute approximate surface area is 192 Å². The zero-order chi connectivity index (χ0) is 23.0. The van der Waals surface area contributed by atoms with Gasteiger partial charge in [-0.15, -0.1) is 0 Å². The van der Waals surface area contributed by atoms with E-state index in [1.165, 1.54) is 0 Å². The van der Waals surface area contributed by atoms with E-state index in [0.717, 1.165) is 47.6 Å². The van der Waals surface area contributed by atoms with E-state index in [9.17, 15) is 9.59 Å². The molecule has 0 fully saturated rings. The summed E-state index contributed by atoms with van der Waals surface area (Å²) in [5.41, 5.74) is 4.43. The Bertz CT molecular complexity index is 1130. The van der Waals surface area contributed by atoms with E-state index >= 15 is 0 Å². The van der Waals surface area contributed by atoms with Crippen LogP contribution in [0.3, 0.4) is 0 Å². The van der Waals surface area contributed by atoms with E-state index in [1.807, 2.05) is 36.4 Å². The van der Waals surface area contributed by atoms with Gasteiger partial charge < -0.3 is 20.7 Å². The molecule has 1 aliphatic rings. The number of rotatable bonds is 9. The molecule has 2 heterocycles. The van der Waals surface area contributed by atoms with Crippen molar-refractivity contribution < 1.29 is 14.3 Å². The van der Waals surface area contributed by atoms with Crippen molar-refractivity contribution in [1.82, 2.24) is 15.3 Å². The van der Waals surface area contributed by atoms with Crippen LogP contribution in [-0.4, -0.2) is 41.5 Å². The standard InChI is InChI=1S/C25H27N5O3/c1-2-13-33-14-5-12-26-24(32)17-8-10-19(11-9-17)28-25-27-16-18-15-22(31)29-21-7-4-3-6-20(21)23(18)30-25/h3-4,6-11,16H,2,5,12-15H2,1H3,(H,26,32)(H,29,31)(H,27,28,30). The molecule has 1 aliphatic heterocycles. The quantitative estimate of drug-likeness (QED) is 0.431. The van der Waals surface area contributed by atoms with Crippen molar-refractivity contribution in [2.45, 2.75) is 26.2 Å². The number of nitrogens with zero attached hydrogens (tertiary/aromatic N) is 2. The molecule has 0 unspecified atom stereocenters. The molecule has 3 aromatic rings. The maximum Gasteiger partial charge on any atom is 0.251 e. The molecule has 8 nitrogen and oxygen atoms in total. The topological polar surface area (TPSA) is 105 Å². The third-order valence-electron chi connectivity index (χ3n) is 5.17. The number of carbonyl (C=O) groups excluding carboxylic acids is 2. The van der Waals surface area contributed by atoms with Gasteiger partial charge in [0.05, 0.1) is 17.8 Å². The molecule has 0 bridgehead atoms. The van der Waals surface area contributed by atoms with Crippen LogP contribution < -0.4 is 16.0 Å². The van der Waals surface area contributed by atoms with Gasteiger partial charge in [-0.25, -0.2) is 9.97 Å². The summed E-state index contributed by atoms with van der Waals surface area (Å²) in [5, 5.41) is 8.99. The molecule has 0 atom stereocenters. The van der Waals surface area contributed by atoms with E-state index < -0.39 is 0 Å². The van der Waals surface area contributed by atoms with Crippen LogP contribution in [0, 0.1) is 0 Å². The second-order valence-corrected chi connectivity index (χ2v) is 7.76. The summed E-state index contributed by atoms with van der Waals surface area (Å²) in [6, 6.07) is 14.7. The predicted molar refractivity (Wildman–Crippen MR) is 128 cm³/mol. The van der Waals surface area contributed by atoms with E-state index in [4.69, 9.17) is 4.74 Å². The molecule has 4 rings (SSSR count). The molecule has 2 amide bonds. The number of carbonyl (C=O) groups is 2. The number of amides is 2. The van der Waals surface area contributed by atoms with Crippen molar-refractivity contribution in [3.05, 3.63) is 65.9 Å². The van der Waals surface area contributed by atoms with Crippen LogP contribution in [0.2, 0.25) is 0 Å². The number of ether oxygens (including phenoxy) is 1. The summed E-state index contributed by atoms with van der Waals surface area (Å²) in [6.07, 6.45) is 3.68. The zero-order valence-corrected chi connectivity index (χ0v) is 18.6. The Hall–Kier alpha value is -3.78. The maximum absolute atomic E-state index is 12.3. The Morgan fingerprint density at radius 2 is 1.94 bits per heavy atom. The van der Waals surface area contributed by atoms with Crippen molar-refractivity contribution in [2.75, 3.05) is 30.4 Å². The monoisotopic (exact) mass is 445 g/mol. The van der Waals surface area contributed by atoms with Gasteiger partial charge >= 0.3 is 0 Å². The molecule has 0 saturated carbocycles. The van der Waals surface area contributed by atoms with Crippen LogP contribution in [0.25, 0.3) is 11.3 Å². The average molecular weight is 446 g/mol. The van der Waals surface area contributed by atoms with Gasteiger partial charge in [-0.2, -0.15) is 0 Å². The summed E-state index contributed by atoms with van der Waals surface area (Å²) in [5.74, 6) is 0.210. The fourth-order valence-corrected chi connectivity index (χ4v) is 3.55. The summed E-state index contributed by atoms with van der Waals surface area (Å²) >= 11 is 0. The minimum absolute atomic E-state index is 0.0899. The van der Waals surface area contributed by atoms with E-state index in [-0.39, 0.29) is 18.2 Å². The fourth-order valence-electron chi connectivity index (χ4n) is 3.55. The maximum atomic E-state index is 12.3. The lowest BCUT2D eigenvalue weighted by Crippen LogP contribution is -2.25. The number of hydrogen-bond donors (Lipinski definition) is 3. The first-order valence-electron chi connectivity index (χ1n) is 11.1. The van der Waals surface area contributed by atoms with Crippen LogP contribution in [-0.2, 0) is 16.0 Å². The molecule has 170 valence electrons. The number of aromatic nitrogens is 2. The number of para-hydroxylation sites is 1. The van der Waals surface area contributed by atoms with Crippen molar-refractivity contribution in [3.8, 4) is 11.3 Å². The molecule has 0 spiro atoms. The largest absolute Gasteiger partial charge is 0.381 e. The molecule has 33 heavy (non-hydrogen) atoms. The van der Waals surface area contributed by atoms with E-state index in [0.29, 0.717) is 24.7 Å². The number of fused-ring (bicyclic) bond motifs is 3. The Morgan fingerprint density at radius 1 is 1.12 bits per heavy atom. The molecule has 0 saturated heterocycles. The molecule has 1 aromatic heterocycles. The van der Waals surface area contributed by atoms with E-state index in [2.05, 4.69) is 32.8 Å². The van der Waals surface area contributed by atoms with Gasteiger partial charge in [-0.3, -0.25) is 9.59 Å². The molecular weight excluding hydrogens is 418 g/mol. The van der Waals surface area contributed by atoms with Gasteiger partial charge in [-0.05, 0) is 43.2 Å². The van der Waals surface area contributed by atoms with Crippen LogP contribution in [0.4, 0.5) is 17.3 Å². The first-order valence-corrected chi connectivity index (χ1v) is 11.1. The van der Waals surface area contributed by atoms with Gasteiger partial charge in [0, 0.05) is 48.3 Å². The van der Waals surface area contributed by atoms with Crippen molar-refractivity contribution in [2.24, 2.45) is 0 Å². The summed E-state index contributed by atoms with van der Waals surface area (Å²) in [6.45, 7) is 4.03. The number of benzene rings is 2. The van der Waals surface area contributed by atoms with Gasteiger partial charge in [0.25, 0.3) is 5.91 Å². The normalized spacial score (nSPS) is 12.2. The molecular formula is C25H27N5O3. The number of hydrogen-bond acceptors (Lipinski definition) is 6. The highest BCUT2D eigenvalue weighted by molar-refractivity contribution is 6.00. The second-order valence-electron chi connectivity index (χ2n) is 7.76. The highest BCUT2D eigenvalue weighted by Crippen LogP contribution is 2.32. The minimum atomic E-state index is -0.118. The third kappa shape index (κ3) is 5.72. The summed E-state index contributed by atoms with van der Waals surface area (Å²) in [7, 11) is 0. The van der Waals surface area contributed by atoms with Crippen molar-refractivity contribution in [1.29, 1.82) is 0 Å². The second kappa shape index (κ2) is 10.7. The van der Waals surface area contributed by atoms with Crippen LogP contribution in [0.15, 0.2) is 54.7 Å². The summed E-state index contributed by atoms with van der Waals surface area (Å²) < 4.78 is 5.42. The average Bonchev–Trinajstić information content (AvgIpc) is 2.97. The lowest BCUT2D eigenvalue weighted by molar-refractivity contribution is -0.115. The molecule has 2 aromatic carbocycles. The smallest absolute Gasteiger partial charge is 0.251 e. The van der Waals surface area contributed by atoms with Crippen LogP contribution in [0.1, 0.15) is 35.7 Å². The number of nitrogens with one attached hydrogen (secondary N) is 3. The first-order chi connectivity index (χ1) is 16.1. The van der Waals surface area contributed by atoms with Crippen molar-refractivity contribution >= 4 is 29.1 Å². The van der Waals surface area contributed by atoms with Gasteiger partial charge in [0.1, 0.15) is 0 Å². The fraction of sp³-hybridized carbons (Fsp3) is 0.280. The Kier molecular flexibility index (Phi) is 7.26. The van der Waals surface area contributed by atoms with Gasteiger partial charge in [0.2, 0.25) is 11.9 Å². The highest BCUT2D eigenvalue weighted by atomic mass is 16.5. The van der Waals surface area contributed by atoms with Crippen molar-refractivity contribution in [3.63, 3.8) is 0 Å². The predicted octanol–water partition coefficient (Wildman–Crippen LogP) is 3.93. The minimum Gasteiger partial charge on any atom is -0.381 e. The Balaban J connectivity index is 1.41. The van der Waals surface area contributed by atoms with Crippen LogP contribution >= 0.6 is 0 Å². The molecule has 8 heteroatoms. The molecule has 3 N–H and O–H groups in total. The Morgan fingerprint density at radius 3 is 2.76 bits per heavy atom. The summed E-state index contributed by atoms with van der Waals surface area (Å²) in [4.78, 5) is 33.5. The lowest BCUT2D eigenvalue weighted by atomic mass is 10.1. The highest BCUT2D eigenvalue weighted by Gasteiger charge is 2.20. The SMILES string of the molecule is CCCOCCCNC(=O)c1ccc(Nc2ncc3c(n2)-c2ccccc2NC(=O)C3)cc1. The van der Waals surface area contributed by atoms with Gasteiger partial charge in [-0.1, -0.05) is 25.1 Å². The molecule has 0 aliphatic carbocycles. The zero-order valence-electron chi connectivity index (χ0n) is 18.6. The molecule has 0 radical (unpaired) electrons. The lowest BCUT2D eigenvalue weighted by Gasteiger charge is -2.11. The van der Waals surface area contributed by atoms with Gasteiger partial charge in [0.15, 0.2) is 0 Å². The first kappa shape index (κ1) is 22.4. The number of anilines is 3. The van der Waals surface area contributed by atoms with E-state index in [1.54, 1.807) is 18.3 Å². The van der Waals surface area contributed by atoms with Crippen LogP contribution in [0.5, 0.6) is 0 Å².